The topological polar surface area (TPSA) is 124 Å². The quantitative estimate of drug-likeness (QED) is 0.546. The highest BCUT2D eigenvalue weighted by atomic mass is 32.2. The molecule has 0 aromatic heterocycles. The maximum atomic E-state index is 12.3. The molecule has 0 heterocycles. The molecule has 0 aromatic carbocycles. The maximum absolute atomic E-state index is 12.3. The van der Waals surface area contributed by atoms with Crippen LogP contribution in [0.25, 0.3) is 0 Å². The molecule has 3 atom stereocenters. The number of hydrogen-bond donors (Lipinski definition) is 4. The smallest absolute Gasteiger partial charge is 0.416 e. The van der Waals surface area contributed by atoms with Gasteiger partial charge in [0.2, 0.25) is 0 Å². The first-order chi connectivity index (χ1) is 8.28. The number of aliphatic hydroxyl groups is 1. The van der Waals surface area contributed by atoms with Crippen LogP contribution in [0.5, 0.6) is 0 Å². The fraction of sp³-hybridized carbons (Fsp3) is 0.889. The first kappa shape index (κ1) is 18.1. The maximum Gasteiger partial charge on any atom is 0.416 e. The average molecular weight is 306 g/mol. The summed E-state index contributed by atoms with van der Waals surface area (Å²) in [5.41, 5.74) is 2.11. The lowest BCUT2D eigenvalue weighted by atomic mass is 10.0. The van der Waals surface area contributed by atoms with Crippen LogP contribution in [0.2, 0.25) is 0 Å². The van der Waals surface area contributed by atoms with Gasteiger partial charge in [0.15, 0.2) is 5.60 Å². The van der Waals surface area contributed by atoms with E-state index in [2.05, 4.69) is 0 Å². The second-order valence-corrected chi connectivity index (χ2v) is 6.92. The molecule has 10 heteroatoms. The molecule has 6 nitrogen and oxygen atoms in total. The standard InChI is InChI=1S/C9H17F3N2O4S/c1-8(17,9(10,11)12)3-5-19(14,18)4-2-6(13)7(15)16/h6,14,17H,2-5,13H2,1H3,(H,15,16)/t6-,8-,19?/m0/s1. The molecule has 0 aliphatic rings. The van der Waals surface area contributed by atoms with Crippen LogP contribution in [-0.2, 0) is 14.5 Å². The molecule has 114 valence electrons. The van der Waals surface area contributed by atoms with Gasteiger partial charge in [-0.2, -0.15) is 13.2 Å². The van der Waals surface area contributed by atoms with Gasteiger partial charge in [-0.05, 0) is 19.8 Å². The lowest BCUT2D eigenvalue weighted by Crippen LogP contribution is -2.43. The van der Waals surface area contributed by atoms with Crippen LogP contribution in [0.15, 0.2) is 0 Å². The molecule has 0 rings (SSSR count). The van der Waals surface area contributed by atoms with E-state index in [0.29, 0.717) is 6.92 Å². The highest BCUT2D eigenvalue weighted by Gasteiger charge is 2.49. The fourth-order valence-electron chi connectivity index (χ4n) is 1.05. The van der Waals surface area contributed by atoms with Crippen molar-refractivity contribution in [1.29, 1.82) is 4.78 Å². The number of nitrogens with two attached hydrogens (primary N) is 1. The van der Waals surface area contributed by atoms with E-state index in [1.54, 1.807) is 0 Å². The molecule has 0 amide bonds. The van der Waals surface area contributed by atoms with E-state index in [4.69, 9.17) is 20.7 Å². The Morgan fingerprint density at radius 3 is 2.26 bits per heavy atom. The summed E-state index contributed by atoms with van der Waals surface area (Å²) in [5, 5.41) is 17.6. The molecule has 5 N–H and O–H groups in total. The Bertz CT molecular complexity index is 420. The zero-order valence-electron chi connectivity index (χ0n) is 10.2. The van der Waals surface area contributed by atoms with Crippen LogP contribution in [-0.4, -0.2) is 49.7 Å². The summed E-state index contributed by atoms with van der Waals surface area (Å²) in [6.45, 7) is 0.533. The Morgan fingerprint density at radius 1 is 1.42 bits per heavy atom. The van der Waals surface area contributed by atoms with Gasteiger partial charge in [0, 0.05) is 21.2 Å². The average Bonchev–Trinajstić information content (AvgIpc) is 2.22. The summed E-state index contributed by atoms with van der Waals surface area (Å²) in [4.78, 5) is 10.4. The van der Waals surface area contributed by atoms with Crippen molar-refractivity contribution >= 4 is 15.7 Å². The SMILES string of the molecule is C[C@](O)(CCS(=N)(=O)CC[C@H](N)C(=O)O)C(F)(F)F. The predicted octanol–water partition coefficient (Wildman–Crippen LogP) is 0.539. The van der Waals surface area contributed by atoms with Gasteiger partial charge in [0.1, 0.15) is 6.04 Å². The summed E-state index contributed by atoms with van der Waals surface area (Å²) in [5.74, 6) is -2.43. The van der Waals surface area contributed by atoms with E-state index in [0.717, 1.165) is 0 Å². The number of rotatable bonds is 7. The molecule has 0 saturated carbocycles. The van der Waals surface area contributed by atoms with Crippen molar-refractivity contribution in [1.82, 2.24) is 0 Å². The van der Waals surface area contributed by atoms with Crippen LogP contribution in [0.4, 0.5) is 13.2 Å². The van der Waals surface area contributed by atoms with Crippen molar-refractivity contribution in [3.8, 4) is 0 Å². The van der Waals surface area contributed by atoms with Crippen molar-refractivity contribution in [2.45, 2.75) is 37.6 Å². The zero-order chi connectivity index (χ0) is 15.5. The molecule has 0 bridgehead atoms. The highest BCUT2D eigenvalue weighted by Crippen LogP contribution is 2.32. The summed E-state index contributed by atoms with van der Waals surface area (Å²) in [6, 6.07) is -1.31. The van der Waals surface area contributed by atoms with Gasteiger partial charge in [-0.15, -0.1) is 0 Å². The molecular formula is C9H17F3N2O4S. The normalized spacial score (nSPS) is 20.3. The third-order valence-corrected chi connectivity index (χ3v) is 4.36. The van der Waals surface area contributed by atoms with Crippen LogP contribution >= 0.6 is 0 Å². The molecule has 0 saturated heterocycles. The number of nitrogens with one attached hydrogen (secondary N) is 1. The number of halogens is 3. The number of hydrogen-bond acceptors (Lipinski definition) is 5. The van der Waals surface area contributed by atoms with E-state index in [1.807, 2.05) is 0 Å². The third-order valence-electron chi connectivity index (χ3n) is 2.61. The summed E-state index contributed by atoms with van der Waals surface area (Å²) < 4.78 is 56.0. The summed E-state index contributed by atoms with van der Waals surface area (Å²) in [6.07, 6.45) is -6.03. The Labute approximate surface area is 108 Å². The molecule has 0 aliphatic heterocycles. The molecule has 0 spiro atoms. The fourth-order valence-corrected chi connectivity index (χ4v) is 2.61. The second kappa shape index (κ2) is 6.06. The molecule has 0 aromatic rings. The number of aliphatic carboxylic acids is 1. The summed E-state index contributed by atoms with van der Waals surface area (Å²) in [7, 11) is -3.41. The van der Waals surface area contributed by atoms with E-state index < -0.39 is 51.4 Å². The minimum atomic E-state index is -4.88. The third kappa shape index (κ3) is 6.21. The van der Waals surface area contributed by atoms with Crippen molar-refractivity contribution in [2.75, 3.05) is 11.5 Å². The predicted molar refractivity (Wildman–Crippen MR) is 62.1 cm³/mol. The number of carboxylic acids is 1. The second-order valence-electron chi connectivity index (χ2n) is 4.48. The van der Waals surface area contributed by atoms with Gasteiger partial charge < -0.3 is 15.9 Å². The molecule has 0 fully saturated rings. The highest BCUT2D eigenvalue weighted by molar-refractivity contribution is 7.92. The van der Waals surface area contributed by atoms with Crippen LogP contribution < -0.4 is 5.73 Å². The van der Waals surface area contributed by atoms with Crippen molar-refractivity contribution < 1.29 is 32.4 Å². The number of carbonyl (C=O) groups is 1. The lowest BCUT2D eigenvalue weighted by molar-refractivity contribution is -0.253. The lowest BCUT2D eigenvalue weighted by Gasteiger charge is -2.26. The summed E-state index contributed by atoms with van der Waals surface area (Å²) >= 11 is 0. The van der Waals surface area contributed by atoms with E-state index in [9.17, 15) is 22.2 Å². The van der Waals surface area contributed by atoms with E-state index in [-0.39, 0.29) is 6.42 Å². The van der Waals surface area contributed by atoms with E-state index >= 15 is 0 Å². The van der Waals surface area contributed by atoms with Crippen molar-refractivity contribution in [2.24, 2.45) is 5.73 Å². The van der Waals surface area contributed by atoms with Crippen molar-refractivity contribution in [3.63, 3.8) is 0 Å². The molecule has 0 aliphatic carbocycles. The van der Waals surface area contributed by atoms with Gasteiger partial charge in [0.25, 0.3) is 0 Å². The first-order valence-corrected chi connectivity index (χ1v) is 7.20. The molecule has 19 heavy (non-hydrogen) atoms. The molecular weight excluding hydrogens is 289 g/mol. The van der Waals surface area contributed by atoms with Crippen molar-refractivity contribution in [3.05, 3.63) is 0 Å². The van der Waals surface area contributed by atoms with Gasteiger partial charge in [-0.1, -0.05) is 0 Å². The first-order valence-electron chi connectivity index (χ1n) is 5.30. The minimum Gasteiger partial charge on any atom is -0.480 e. The number of alkyl halides is 3. The minimum absolute atomic E-state index is 0.272. The van der Waals surface area contributed by atoms with Gasteiger partial charge in [-0.3, -0.25) is 9.57 Å². The van der Waals surface area contributed by atoms with Gasteiger partial charge >= 0.3 is 12.1 Å². The molecule has 1 unspecified atom stereocenters. The van der Waals surface area contributed by atoms with E-state index in [1.165, 1.54) is 0 Å². The zero-order valence-corrected chi connectivity index (χ0v) is 11.1. The van der Waals surface area contributed by atoms with Crippen LogP contribution in [0.3, 0.4) is 0 Å². The van der Waals surface area contributed by atoms with Crippen LogP contribution in [0, 0.1) is 4.78 Å². The largest absolute Gasteiger partial charge is 0.480 e. The number of carboxylic acid groups (broad SMARTS) is 1. The monoisotopic (exact) mass is 306 g/mol. The Kier molecular flexibility index (Phi) is 5.78. The Hall–Kier alpha value is -0.870. The molecule has 0 radical (unpaired) electrons. The van der Waals surface area contributed by atoms with Crippen LogP contribution in [0.1, 0.15) is 19.8 Å². The Balaban J connectivity index is 4.45. The van der Waals surface area contributed by atoms with Gasteiger partial charge in [-0.25, -0.2) is 4.21 Å². The Morgan fingerprint density at radius 2 is 1.89 bits per heavy atom. The van der Waals surface area contributed by atoms with Gasteiger partial charge in [0.05, 0.1) is 0 Å².